The third-order valence-electron chi connectivity index (χ3n) is 6.43. The molecule has 7 heteroatoms. The Balaban J connectivity index is 1.33. The molecule has 1 fully saturated rings. The molecule has 32 heavy (non-hydrogen) atoms. The minimum Gasteiger partial charge on any atom is -0.485 e. The van der Waals surface area contributed by atoms with Gasteiger partial charge in [0.25, 0.3) is 0 Å². The molecule has 2 aliphatic heterocycles. The fraction of sp³-hybridized carbons (Fsp3) is 0.280. The summed E-state index contributed by atoms with van der Waals surface area (Å²) in [5.74, 6) is 0.162. The molecule has 1 saturated heterocycles. The van der Waals surface area contributed by atoms with Crippen molar-refractivity contribution in [2.45, 2.75) is 25.0 Å². The number of benzene rings is 2. The van der Waals surface area contributed by atoms with Crippen LogP contribution in [-0.4, -0.2) is 45.1 Å². The van der Waals surface area contributed by atoms with Gasteiger partial charge in [-0.1, -0.05) is 24.3 Å². The summed E-state index contributed by atoms with van der Waals surface area (Å²) in [4.78, 5) is 26.6. The molecule has 3 N–H and O–H groups in total. The number of nitrogens with zero attached hydrogens (tertiary/aromatic N) is 2. The van der Waals surface area contributed by atoms with E-state index in [0.717, 1.165) is 25.1 Å². The van der Waals surface area contributed by atoms with Gasteiger partial charge < -0.3 is 14.5 Å². The standard InChI is InChI=1S/C25H25N3O4/c1-27-14-18(19-4-2-3-5-21(19)27)15-28-11-10-25(16-28)13-22(29)20-12-17(6-8-23(20)32-25)7-9-24(30)26-31/h2-9,12,14,31H,10-11,13,15-16H2,1H3,(H,26,30)/p+1/b9-7+. The van der Waals surface area contributed by atoms with Gasteiger partial charge in [-0.25, -0.2) is 0 Å². The number of likely N-dealkylation sites (tertiary alicyclic amines) is 1. The van der Waals surface area contributed by atoms with E-state index in [4.69, 9.17) is 9.94 Å². The number of amides is 1. The fourth-order valence-corrected chi connectivity index (χ4v) is 4.91. The quantitative estimate of drug-likeness (QED) is 0.390. The lowest BCUT2D eigenvalue weighted by Gasteiger charge is -2.35. The molecule has 0 aliphatic carbocycles. The Hall–Kier alpha value is -3.42. The zero-order chi connectivity index (χ0) is 22.3. The third kappa shape index (κ3) is 3.70. The minimum absolute atomic E-state index is 0.0680. The Morgan fingerprint density at radius 2 is 2.12 bits per heavy atom. The monoisotopic (exact) mass is 432 g/mol. The lowest BCUT2D eigenvalue weighted by atomic mass is 9.88. The second-order valence-corrected chi connectivity index (χ2v) is 8.71. The van der Waals surface area contributed by atoms with Crippen molar-refractivity contribution in [2.75, 3.05) is 13.1 Å². The summed E-state index contributed by atoms with van der Waals surface area (Å²) >= 11 is 0. The van der Waals surface area contributed by atoms with E-state index < -0.39 is 11.5 Å². The van der Waals surface area contributed by atoms with E-state index in [1.54, 1.807) is 23.7 Å². The summed E-state index contributed by atoms with van der Waals surface area (Å²) in [7, 11) is 2.07. The summed E-state index contributed by atoms with van der Waals surface area (Å²) in [5.41, 5.74) is 5.10. The largest absolute Gasteiger partial charge is 0.485 e. The zero-order valence-electron chi connectivity index (χ0n) is 17.9. The van der Waals surface area contributed by atoms with Crippen molar-refractivity contribution in [3.05, 3.63) is 71.4 Å². The molecule has 3 aromatic rings. The number of ketones is 1. The Morgan fingerprint density at radius 1 is 1.28 bits per heavy atom. The first-order chi connectivity index (χ1) is 15.5. The predicted octanol–water partition coefficient (Wildman–Crippen LogP) is 2.56. The lowest BCUT2D eigenvalue weighted by molar-refractivity contribution is -0.124. The van der Waals surface area contributed by atoms with Gasteiger partial charge in [0, 0.05) is 56.3 Å². The molecule has 5 rings (SSSR count). The van der Waals surface area contributed by atoms with E-state index in [-0.39, 0.29) is 5.78 Å². The maximum absolute atomic E-state index is 13.0. The number of para-hydroxylation sites is 1. The molecule has 2 aromatic carbocycles. The number of fused-ring (bicyclic) bond motifs is 2. The number of hydrogen-bond acceptors (Lipinski definition) is 4. The molecule has 1 amide bonds. The van der Waals surface area contributed by atoms with Crippen molar-refractivity contribution in [2.24, 2.45) is 7.05 Å². The first-order valence-electron chi connectivity index (χ1n) is 10.7. The van der Waals surface area contributed by atoms with Crippen molar-refractivity contribution in [1.82, 2.24) is 14.9 Å². The van der Waals surface area contributed by atoms with Gasteiger partial charge >= 0.3 is 5.91 Å². The highest BCUT2D eigenvalue weighted by molar-refractivity contribution is 6.01. The fourth-order valence-electron chi connectivity index (χ4n) is 4.91. The van der Waals surface area contributed by atoms with Crippen LogP contribution in [0.15, 0.2) is 54.7 Å². The smallest absolute Gasteiger partial charge is 0.306 e. The summed E-state index contributed by atoms with van der Waals surface area (Å²) in [6.45, 7) is 2.43. The molecule has 1 unspecified atom stereocenters. The van der Waals surface area contributed by atoms with Gasteiger partial charge in [0.15, 0.2) is 5.78 Å². The zero-order valence-corrected chi connectivity index (χ0v) is 17.9. The SMILES string of the molecule is Cn1cc(CN2CCC3(CC(=O)c4cc(/C=C/C(=O)N[OH2+])ccc4O3)C2)c2ccccc21. The van der Waals surface area contributed by atoms with E-state index in [2.05, 4.69) is 47.0 Å². The van der Waals surface area contributed by atoms with Crippen LogP contribution in [0.5, 0.6) is 5.75 Å². The summed E-state index contributed by atoms with van der Waals surface area (Å²) in [6.07, 6.45) is 6.21. The summed E-state index contributed by atoms with van der Waals surface area (Å²) in [6, 6.07) is 13.8. The molecule has 2 aliphatic rings. The average Bonchev–Trinajstić information content (AvgIpc) is 3.33. The van der Waals surface area contributed by atoms with E-state index in [1.165, 1.54) is 22.5 Å². The number of rotatable bonds is 4. The van der Waals surface area contributed by atoms with Gasteiger partial charge in [-0.2, -0.15) is 0 Å². The highest BCUT2D eigenvalue weighted by atomic mass is 16.5. The second kappa shape index (κ2) is 7.93. The number of carbonyl (C=O) groups excluding carboxylic acids is 2. The highest BCUT2D eigenvalue weighted by Crippen LogP contribution is 2.40. The molecule has 1 aromatic heterocycles. The molecule has 0 radical (unpaired) electrons. The molecular weight excluding hydrogens is 406 g/mol. The van der Waals surface area contributed by atoms with Crippen LogP contribution < -0.4 is 10.2 Å². The Kier molecular flexibility index (Phi) is 5.07. The Bertz CT molecular complexity index is 1250. The van der Waals surface area contributed by atoms with Gasteiger partial charge in [0.2, 0.25) is 0 Å². The lowest BCUT2D eigenvalue weighted by Crippen LogP contribution is -2.44. The van der Waals surface area contributed by atoms with Crippen molar-refractivity contribution in [1.29, 1.82) is 0 Å². The van der Waals surface area contributed by atoms with Gasteiger partial charge in [-0.15, -0.1) is 5.48 Å². The molecule has 1 atom stereocenters. The van der Waals surface area contributed by atoms with Crippen LogP contribution in [0.2, 0.25) is 0 Å². The Morgan fingerprint density at radius 3 is 2.97 bits per heavy atom. The van der Waals surface area contributed by atoms with Crippen molar-refractivity contribution < 1.29 is 19.5 Å². The van der Waals surface area contributed by atoms with Crippen LogP contribution in [0.3, 0.4) is 0 Å². The topological polar surface area (TPSA) is 86.5 Å². The second-order valence-electron chi connectivity index (χ2n) is 8.71. The number of carbonyl (C=O) groups is 2. The Labute approximate surface area is 185 Å². The molecule has 0 bridgehead atoms. The molecule has 3 heterocycles. The predicted molar refractivity (Wildman–Crippen MR) is 122 cm³/mol. The normalized spacial score (nSPS) is 20.8. The van der Waals surface area contributed by atoms with E-state index >= 15 is 0 Å². The molecular formula is C25H26N3O4+. The summed E-state index contributed by atoms with van der Waals surface area (Å²) < 4.78 is 8.57. The molecule has 7 nitrogen and oxygen atoms in total. The van der Waals surface area contributed by atoms with Crippen molar-refractivity contribution in [3.63, 3.8) is 0 Å². The first-order valence-corrected chi connectivity index (χ1v) is 10.7. The van der Waals surface area contributed by atoms with Crippen LogP contribution in [-0.2, 0) is 18.4 Å². The number of aromatic nitrogens is 1. The number of nitrogens with one attached hydrogen (secondary N) is 1. The number of aryl methyl sites for hydroxylation is 1. The van der Waals surface area contributed by atoms with Gasteiger partial charge in [0.05, 0.1) is 12.0 Å². The van der Waals surface area contributed by atoms with Gasteiger partial charge in [-0.3, -0.25) is 14.5 Å². The molecule has 0 saturated carbocycles. The highest BCUT2D eigenvalue weighted by Gasteiger charge is 2.45. The van der Waals surface area contributed by atoms with Crippen LogP contribution >= 0.6 is 0 Å². The van der Waals surface area contributed by atoms with Crippen molar-refractivity contribution >= 4 is 28.7 Å². The average molecular weight is 433 g/mol. The van der Waals surface area contributed by atoms with Crippen molar-refractivity contribution in [3.8, 4) is 5.75 Å². The van der Waals surface area contributed by atoms with E-state index in [1.807, 2.05) is 6.07 Å². The number of ether oxygens (including phenoxy) is 1. The maximum Gasteiger partial charge on any atom is 0.306 e. The van der Waals surface area contributed by atoms with Crippen LogP contribution in [0.25, 0.3) is 17.0 Å². The van der Waals surface area contributed by atoms with E-state index in [9.17, 15) is 9.59 Å². The summed E-state index contributed by atoms with van der Waals surface area (Å²) in [5, 5.41) is 8.11. The van der Waals surface area contributed by atoms with E-state index in [0.29, 0.717) is 24.3 Å². The minimum atomic E-state index is -0.513. The third-order valence-corrected chi connectivity index (χ3v) is 6.43. The maximum atomic E-state index is 13.0. The van der Waals surface area contributed by atoms with Crippen LogP contribution in [0.4, 0.5) is 0 Å². The van der Waals surface area contributed by atoms with Gasteiger partial charge in [-0.05, 0) is 35.4 Å². The molecule has 164 valence electrons. The van der Waals surface area contributed by atoms with Gasteiger partial charge in [0.1, 0.15) is 11.4 Å². The van der Waals surface area contributed by atoms with Crippen LogP contribution in [0.1, 0.15) is 34.3 Å². The van der Waals surface area contributed by atoms with Crippen LogP contribution in [0, 0.1) is 0 Å². The number of hydroxylamine groups is 1. The number of hydrogen-bond donors (Lipinski definition) is 1. The number of Topliss-reactive ketones (excluding diaryl/α,β-unsaturated/α-hetero) is 1. The first kappa shape index (κ1) is 20.5. The molecule has 1 spiro atoms.